The normalized spacial score (nSPS) is 16.7. The number of piperidine rings is 2. The third-order valence-corrected chi connectivity index (χ3v) is 13.5. The van der Waals surface area contributed by atoms with Crippen LogP contribution in [0.25, 0.3) is 42.0 Å². The zero-order valence-corrected chi connectivity index (χ0v) is 40.3. The van der Waals surface area contributed by atoms with E-state index in [1.54, 1.807) is 34.3 Å². The molecule has 18 heteroatoms. The number of nitrogens with zero attached hydrogens (tertiary/aromatic N) is 8. The Bertz CT molecular complexity index is 2940. The van der Waals surface area contributed by atoms with Crippen molar-refractivity contribution in [2.75, 3.05) is 36.8 Å². The van der Waals surface area contributed by atoms with Crippen molar-refractivity contribution in [3.05, 3.63) is 108 Å². The van der Waals surface area contributed by atoms with E-state index in [4.69, 9.17) is 9.47 Å². The second-order valence-electron chi connectivity index (χ2n) is 19.1. The van der Waals surface area contributed by atoms with Gasteiger partial charge in [0, 0.05) is 72.0 Å². The molecule has 2 atom stereocenters. The summed E-state index contributed by atoms with van der Waals surface area (Å²) < 4.78 is 50.3. The van der Waals surface area contributed by atoms with Gasteiger partial charge < -0.3 is 29.9 Å². The first-order chi connectivity index (χ1) is 32.6. The van der Waals surface area contributed by atoms with Gasteiger partial charge in [-0.15, -0.1) is 0 Å². The molecule has 0 bridgehead atoms. The first-order valence-corrected chi connectivity index (χ1v) is 24.2. The summed E-state index contributed by atoms with van der Waals surface area (Å²) in [7, 11) is 0. The van der Waals surface area contributed by atoms with Crippen molar-refractivity contribution in [3.63, 3.8) is 0 Å². The molecule has 0 spiro atoms. The van der Waals surface area contributed by atoms with Gasteiger partial charge in [-0.05, 0) is 150 Å². The van der Waals surface area contributed by atoms with Gasteiger partial charge >= 0.3 is 12.2 Å². The maximum Gasteiger partial charge on any atom is 0.410 e. The predicted molar refractivity (Wildman–Crippen MR) is 264 cm³/mol. The summed E-state index contributed by atoms with van der Waals surface area (Å²) in [5.41, 5.74) is 3.35. The summed E-state index contributed by atoms with van der Waals surface area (Å²) in [4.78, 5) is 46.3. The molecule has 2 N–H and O–H groups in total. The zero-order chi connectivity index (χ0) is 47.7. The van der Waals surface area contributed by atoms with Crippen molar-refractivity contribution in [1.29, 1.82) is 0 Å². The number of amides is 2. The Hall–Kier alpha value is -6.66. The summed E-state index contributed by atoms with van der Waals surface area (Å²) in [5, 5.41) is 9.45. The molecule has 2 amide bonds. The Balaban J connectivity index is 0.000000170. The lowest BCUT2D eigenvalue weighted by Gasteiger charge is -2.34. The minimum atomic E-state index is -0.525. The molecular weight excluding hydrogens is 907 g/mol. The number of halogens is 2. The number of anilines is 4. The number of rotatable bonds is 6. The summed E-state index contributed by atoms with van der Waals surface area (Å²) in [6.45, 7) is 13.8. The molecule has 2 fully saturated rings. The van der Waals surface area contributed by atoms with Gasteiger partial charge in [-0.1, -0.05) is 12.1 Å². The van der Waals surface area contributed by atoms with Crippen LogP contribution in [0.2, 0.25) is 0 Å². The Morgan fingerprint density at radius 1 is 0.618 bits per heavy atom. The largest absolute Gasteiger partial charge is 0.444 e. The average molecular weight is 959 g/mol. The number of benzene rings is 4. The molecule has 2 aliphatic heterocycles. The van der Waals surface area contributed by atoms with Crippen molar-refractivity contribution in [2.45, 2.75) is 90.3 Å². The molecule has 0 radical (unpaired) electrons. The lowest BCUT2D eigenvalue weighted by molar-refractivity contribution is 0.0188. The molecule has 352 valence electrons. The molecule has 10 rings (SSSR count). The summed E-state index contributed by atoms with van der Waals surface area (Å²) >= 11 is 2.26. The fourth-order valence-corrected chi connectivity index (χ4v) is 9.97. The van der Waals surface area contributed by atoms with Gasteiger partial charge in [-0.2, -0.15) is 8.75 Å². The van der Waals surface area contributed by atoms with Crippen molar-refractivity contribution in [2.24, 2.45) is 0 Å². The molecule has 2 aliphatic rings. The zero-order valence-electron chi connectivity index (χ0n) is 38.7. The Morgan fingerprint density at radius 2 is 1.04 bits per heavy atom. The molecule has 4 aromatic heterocycles. The number of hydrogen-bond donors (Lipinski definition) is 2. The highest BCUT2D eigenvalue weighted by Crippen LogP contribution is 2.36. The van der Waals surface area contributed by atoms with E-state index in [-0.39, 0.29) is 35.7 Å². The number of ether oxygens (including phenoxy) is 2. The number of likely N-dealkylation sites (tertiary alicyclic amines) is 2. The standard InChI is InChI=1S/2C25H26FN5O2S/c2*1-25(2,3)33-24(32)31-10-4-5-17(13-31)15-6-8-19-18(11-15)23(28-14-27-19)30-20-9-7-16-12-29-34-22(16)21(20)26/h2*6-9,11-12,14,17H,4-5,10,13H2,1-3H3,(H,27,28,30)/t17-;/m1./s1. The summed E-state index contributed by atoms with van der Waals surface area (Å²) in [6, 6.07) is 19.2. The predicted octanol–water partition coefficient (Wildman–Crippen LogP) is 12.5. The molecule has 68 heavy (non-hydrogen) atoms. The third kappa shape index (κ3) is 10.4. The summed E-state index contributed by atoms with van der Waals surface area (Å²) in [5.74, 6) is 0.725. The topological polar surface area (TPSA) is 160 Å². The van der Waals surface area contributed by atoms with Gasteiger partial charge in [-0.25, -0.2) is 38.3 Å². The van der Waals surface area contributed by atoms with E-state index in [1.165, 1.54) is 12.7 Å². The molecule has 14 nitrogen and oxygen atoms in total. The Morgan fingerprint density at radius 3 is 1.46 bits per heavy atom. The van der Waals surface area contributed by atoms with Crippen molar-refractivity contribution in [3.8, 4) is 0 Å². The number of hydrogen-bond acceptors (Lipinski definition) is 14. The Labute approximate surface area is 400 Å². The monoisotopic (exact) mass is 958 g/mol. The van der Waals surface area contributed by atoms with Gasteiger partial charge in [0.25, 0.3) is 0 Å². The van der Waals surface area contributed by atoms with Crippen LogP contribution in [-0.4, -0.2) is 88.1 Å². The molecule has 0 aliphatic carbocycles. The van der Waals surface area contributed by atoms with Crippen LogP contribution in [0.1, 0.15) is 90.2 Å². The van der Waals surface area contributed by atoms with E-state index in [0.717, 1.165) is 92.5 Å². The molecule has 8 aromatic rings. The Kier molecular flexibility index (Phi) is 13.1. The van der Waals surface area contributed by atoms with Crippen LogP contribution < -0.4 is 10.6 Å². The van der Waals surface area contributed by atoms with Crippen molar-refractivity contribution < 1.29 is 27.8 Å². The molecule has 6 heterocycles. The fraction of sp³-hybridized carbons (Fsp3) is 0.360. The summed E-state index contributed by atoms with van der Waals surface area (Å²) in [6.07, 6.45) is 9.44. The van der Waals surface area contributed by atoms with Crippen LogP contribution >= 0.6 is 23.1 Å². The molecule has 2 saturated heterocycles. The number of aromatic nitrogens is 6. The first kappa shape index (κ1) is 46.5. The van der Waals surface area contributed by atoms with Crippen LogP contribution in [0.5, 0.6) is 0 Å². The average Bonchev–Trinajstić information content (AvgIpc) is 4.01. The molecule has 1 unspecified atom stereocenters. The van der Waals surface area contributed by atoms with Gasteiger partial charge in [0.05, 0.1) is 31.8 Å². The van der Waals surface area contributed by atoms with Crippen LogP contribution in [0.15, 0.2) is 85.7 Å². The van der Waals surface area contributed by atoms with Crippen LogP contribution in [0.3, 0.4) is 0 Å². The number of fused-ring (bicyclic) bond motifs is 4. The third-order valence-electron chi connectivity index (χ3n) is 11.8. The lowest BCUT2D eigenvalue weighted by Crippen LogP contribution is -2.42. The van der Waals surface area contributed by atoms with Crippen molar-refractivity contribution >= 4 is 100 Å². The number of carbonyl (C=O) groups excluding carboxylic acids is 2. The van der Waals surface area contributed by atoms with Gasteiger partial charge in [0.1, 0.15) is 35.5 Å². The lowest BCUT2D eigenvalue weighted by atomic mass is 9.90. The second-order valence-corrected chi connectivity index (χ2v) is 20.7. The molecule has 4 aromatic carbocycles. The first-order valence-electron chi connectivity index (χ1n) is 22.6. The van der Waals surface area contributed by atoms with Crippen molar-refractivity contribution in [1.82, 2.24) is 38.5 Å². The highest BCUT2D eigenvalue weighted by atomic mass is 32.1. The quantitative estimate of drug-likeness (QED) is 0.163. The van der Waals surface area contributed by atoms with E-state index < -0.39 is 11.2 Å². The maximum absolute atomic E-state index is 15.0. The van der Waals surface area contributed by atoms with E-state index >= 15 is 8.78 Å². The van der Waals surface area contributed by atoms with Crippen LogP contribution in [0, 0.1) is 11.6 Å². The van der Waals surface area contributed by atoms with Gasteiger partial charge in [-0.3, -0.25) is 0 Å². The second kappa shape index (κ2) is 19.1. The smallest absolute Gasteiger partial charge is 0.410 e. The van der Waals surface area contributed by atoms with E-state index in [2.05, 4.69) is 39.3 Å². The maximum atomic E-state index is 15.0. The molecule has 0 saturated carbocycles. The minimum Gasteiger partial charge on any atom is -0.444 e. The number of carbonyl (C=O) groups is 2. The number of nitrogens with one attached hydrogen (secondary N) is 2. The van der Waals surface area contributed by atoms with Gasteiger partial charge in [0.15, 0.2) is 11.6 Å². The highest BCUT2D eigenvalue weighted by molar-refractivity contribution is 7.13. The van der Waals surface area contributed by atoms with Crippen LogP contribution in [0.4, 0.5) is 41.4 Å². The van der Waals surface area contributed by atoms with Crippen LogP contribution in [-0.2, 0) is 9.47 Å². The van der Waals surface area contributed by atoms with Gasteiger partial charge in [0.2, 0.25) is 0 Å². The fourth-order valence-electron chi connectivity index (χ4n) is 8.59. The molecular formula is C50H52F2N10O4S2. The highest BCUT2D eigenvalue weighted by Gasteiger charge is 2.30. The van der Waals surface area contributed by atoms with E-state index in [9.17, 15) is 9.59 Å². The van der Waals surface area contributed by atoms with E-state index in [1.807, 2.05) is 90.1 Å². The van der Waals surface area contributed by atoms with E-state index in [0.29, 0.717) is 58.6 Å². The SMILES string of the molecule is CC(C)(C)OC(=O)N1CCCC(c2ccc3ncnc(Nc4ccc5cnsc5c4F)c3c2)C1.CC(C)(C)OC(=O)N1CCC[C@@H](c2ccc3ncnc(Nc4ccc5cnsc5c4F)c3c2)C1. The minimum absolute atomic E-state index is 0.170.